The number of hydrogen-bond donors (Lipinski definition) is 1. The number of aliphatic hydroxyl groups is 1. The molecule has 0 aromatic carbocycles. The SMILES string of the molecule is C=C1C[C@]2(CC)[C@@H](O)CC[C@H]2[C@@H]2CCC3=CC4(CC[C@@H]3[C@@H]12)SCCS4. The van der Waals surface area contributed by atoms with Crippen molar-refractivity contribution >= 4 is 23.5 Å². The molecule has 1 heterocycles. The van der Waals surface area contributed by atoms with Crippen molar-refractivity contribution in [3.63, 3.8) is 0 Å². The third kappa shape index (κ3) is 2.41. The highest BCUT2D eigenvalue weighted by atomic mass is 32.2. The summed E-state index contributed by atoms with van der Waals surface area (Å²) in [6.07, 6.45) is 12.5. The van der Waals surface area contributed by atoms with Crippen LogP contribution in [0.2, 0.25) is 0 Å². The van der Waals surface area contributed by atoms with Gasteiger partial charge in [0.2, 0.25) is 0 Å². The third-order valence-electron chi connectivity index (χ3n) is 8.48. The molecule has 0 radical (unpaired) electrons. The van der Waals surface area contributed by atoms with Gasteiger partial charge in [-0.25, -0.2) is 0 Å². The number of aliphatic hydroxyl groups excluding tert-OH is 1. The van der Waals surface area contributed by atoms with Gasteiger partial charge in [-0.1, -0.05) is 30.7 Å². The monoisotopic (exact) mass is 376 g/mol. The highest BCUT2D eigenvalue weighted by Crippen LogP contribution is 2.65. The van der Waals surface area contributed by atoms with Gasteiger partial charge in [0.05, 0.1) is 10.2 Å². The average molecular weight is 377 g/mol. The first-order valence-electron chi connectivity index (χ1n) is 10.4. The summed E-state index contributed by atoms with van der Waals surface area (Å²) < 4.78 is 0.422. The Hall–Kier alpha value is 0.140. The van der Waals surface area contributed by atoms with Crippen molar-refractivity contribution in [1.82, 2.24) is 0 Å². The van der Waals surface area contributed by atoms with Crippen molar-refractivity contribution in [3.8, 4) is 0 Å². The molecule has 0 bridgehead atoms. The fourth-order valence-corrected chi connectivity index (χ4v) is 10.6. The average Bonchev–Trinajstić information content (AvgIpc) is 3.20. The Bertz CT molecular complexity index is 605. The first-order chi connectivity index (χ1) is 12.1. The van der Waals surface area contributed by atoms with E-state index in [4.69, 9.17) is 0 Å². The normalized spacial score (nSPS) is 48.0. The molecule has 0 amide bonds. The molecule has 0 unspecified atom stereocenters. The Kier molecular flexibility index (Phi) is 4.19. The maximum atomic E-state index is 10.8. The topological polar surface area (TPSA) is 20.2 Å². The van der Waals surface area contributed by atoms with Crippen molar-refractivity contribution in [1.29, 1.82) is 0 Å². The Labute approximate surface area is 161 Å². The van der Waals surface area contributed by atoms with E-state index in [2.05, 4.69) is 43.1 Å². The summed E-state index contributed by atoms with van der Waals surface area (Å²) in [7, 11) is 0. The lowest BCUT2D eigenvalue weighted by molar-refractivity contribution is -0.0414. The number of fused-ring (bicyclic) bond motifs is 5. The van der Waals surface area contributed by atoms with Crippen LogP contribution in [0.1, 0.15) is 58.3 Å². The predicted molar refractivity (Wildman–Crippen MR) is 110 cm³/mol. The molecule has 3 heteroatoms. The van der Waals surface area contributed by atoms with Crippen molar-refractivity contribution in [3.05, 3.63) is 23.8 Å². The van der Waals surface area contributed by atoms with Crippen LogP contribution in [0.3, 0.4) is 0 Å². The summed E-state index contributed by atoms with van der Waals surface area (Å²) in [6.45, 7) is 6.93. The van der Waals surface area contributed by atoms with Crippen LogP contribution in [0.4, 0.5) is 0 Å². The van der Waals surface area contributed by atoms with Crippen LogP contribution in [-0.4, -0.2) is 26.8 Å². The molecule has 1 saturated heterocycles. The molecule has 6 atom stereocenters. The Balaban J connectivity index is 1.47. The molecule has 1 aliphatic heterocycles. The quantitative estimate of drug-likeness (QED) is 0.597. The molecule has 138 valence electrons. The molecule has 3 saturated carbocycles. The Morgan fingerprint density at radius 2 is 2.00 bits per heavy atom. The van der Waals surface area contributed by atoms with E-state index < -0.39 is 0 Å². The van der Waals surface area contributed by atoms with Crippen LogP contribution < -0.4 is 0 Å². The van der Waals surface area contributed by atoms with Crippen LogP contribution in [0.5, 0.6) is 0 Å². The van der Waals surface area contributed by atoms with Gasteiger partial charge in [0.1, 0.15) is 0 Å². The maximum absolute atomic E-state index is 10.8. The van der Waals surface area contributed by atoms with Crippen LogP contribution >= 0.6 is 23.5 Å². The first-order valence-corrected chi connectivity index (χ1v) is 12.4. The summed E-state index contributed by atoms with van der Waals surface area (Å²) >= 11 is 4.40. The summed E-state index contributed by atoms with van der Waals surface area (Å²) in [5.74, 6) is 5.68. The van der Waals surface area contributed by atoms with Crippen LogP contribution in [0.25, 0.3) is 0 Å². The van der Waals surface area contributed by atoms with Gasteiger partial charge < -0.3 is 5.11 Å². The Morgan fingerprint density at radius 1 is 1.20 bits per heavy atom. The predicted octanol–water partition coefficient (Wildman–Crippen LogP) is 5.65. The van der Waals surface area contributed by atoms with E-state index in [9.17, 15) is 5.11 Å². The molecule has 5 rings (SSSR count). The minimum Gasteiger partial charge on any atom is -0.393 e. The van der Waals surface area contributed by atoms with E-state index in [0.29, 0.717) is 10.00 Å². The van der Waals surface area contributed by atoms with Gasteiger partial charge in [0.15, 0.2) is 0 Å². The van der Waals surface area contributed by atoms with Crippen molar-refractivity contribution in [2.75, 3.05) is 11.5 Å². The number of rotatable bonds is 1. The molecule has 4 fully saturated rings. The van der Waals surface area contributed by atoms with E-state index >= 15 is 0 Å². The van der Waals surface area contributed by atoms with E-state index in [-0.39, 0.29) is 11.5 Å². The zero-order valence-corrected chi connectivity index (χ0v) is 17.1. The van der Waals surface area contributed by atoms with Gasteiger partial charge in [-0.15, -0.1) is 23.5 Å². The van der Waals surface area contributed by atoms with E-state index in [1.165, 1.54) is 49.2 Å². The largest absolute Gasteiger partial charge is 0.393 e. The highest BCUT2D eigenvalue weighted by Gasteiger charge is 2.59. The Morgan fingerprint density at radius 3 is 2.76 bits per heavy atom. The second kappa shape index (κ2) is 6.07. The van der Waals surface area contributed by atoms with Gasteiger partial charge in [-0.05, 0) is 75.0 Å². The molecule has 0 aromatic heterocycles. The maximum Gasteiger partial charge on any atom is 0.0794 e. The molecule has 5 aliphatic rings. The lowest BCUT2D eigenvalue weighted by Gasteiger charge is -2.56. The number of allylic oxidation sites excluding steroid dienone is 2. The van der Waals surface area contributed by atoms with Crippen molar-refractivity contribution < 1.29 is 5.11 Å². The van der Waals surface area contributed by atoms with Gasteiger partial charge in [-0.2, -0.15) is 0 Å². The lowest BCUT2D eigenvalue weighted by atomic mass is 9.50. The molecule has 1 N–H and O–H groups in total. The smallest absolute Gasteiger partial charge is 0.0794 e. The fourth-order valence-electron chi connectivity index (χ4n) is 7.43. The van der Waals surface area contributed by atoms with Gasteiger partial charge in [-0.3, -0.25) is 0 Å². The summed E-state index contributed by atoms with van der Waals surface area (Å²) in [6, 6.07) is 0. The van der Waals surface area contributed by atoms with Gasteiger partial charge in [0, 0.05) is 16.9 Å². The van der Waals surface area contributed by atoms with Gasteiger partial charge in [0.25, 0.3) is 0 Å². The van der Waals surface area contributed by atoms with Crippen LogP contribution in [0, 0.1) is 29.1 Å². The molecular weight excluding hydrogens is 344 g/mol. The fraction of sp³-hybridized carbons (Fsp3) is 0.818. The molecular formula is C22H32OS2. The minimum atomic E-state index is -0.0851. The zero-order chi connectivity index (χ0) is 17.2. The van der Waals surface area contributed by atoms with E-state index in [1.54, 1.807) is 5.57 Å². The first kappa shape index (κ1) is 17.3. The standard InChI is InChI=1S/C22H32OS2/c1-3-21-12-14(2)20-16-8-9-22(24-10-11-25-22)13-15(16)4-5-17(20)18(21)6-7-19(21)23/h13,16-20,23H,2-12H2,1H3/t16-,17-,18-,19-,20+,21-/m0/s1. The molecule has 1 spiro atoms. The van der Waals surface area contributed by atoms with Crippen LogP contribution in [-0.2, 0) is 0 Å². The van der Waals surface area contributed by atoms with E-state index in [1.807, 2.05) is 0 Å². The zero-order valence-electron chi connectivity index (χ0n) is 15.5. The second-order valence-electron chi connectivity index (χ2n) is 9.22. The lowest BCUT2D eigenvalue weighted by Crippen LogP contribution is -2.50. The molecule has 25 heavy (non-hydrogen) atoms. The molecule has 0 aromatic rings. The third-order valence-corrected chi connectivity index (χ3v) is 11.9. The summed E-state index contributed by atoms with van der Waals surface area (Å²) in [4.78, 5) is 0. The van der Waals surface area contributed by atoms with Crippen molar-refractivity contribution in [2.24, 2.45) is 29.1 Å². The van der Waals surface area contributed by atoms with Crippen LogP contribution in [0.15, 0.2) is 23.8 Å². The number of hydrogen-bond acceptors (Lipinski definition) is 3. The summed E-state index contributed by atoms with van der Waals surface area (Å²) in [5.41, 5.74) is 3.42. The van der Waals surface area contributed by atoms with E-state index in [0.717, 1.165) is 37.0 Å². The van der Waals surface area contributed by atoms with Crippen molar-refractivity contribution in [2.45, 2.75) is 68.5 Å². The molecule has 1 nitrogen and oxygen atoms in total. The van der Waals surface area contributed by atoms with Gasteiger partial charge >= 0.3 is 0 Å². The number of thioether (sulfide) groups is 2. The summed E-state index contributed by atoms with van der Waals surface area (Å²) in [5, 5.41) is 10.8. The highest BCUT2D eigenvalue weighted by molar-refractivity contribution is 8.21. The minimum absolute atomic E-state index is 0.0851. The molecule has 4 aliphatic carbocycles. The second-order valence-corrected chi connectivity index (χ2v) is 12.3.